The van der Waals surface area contributed by atoms with Crippen molar-refractivity contribution in [2.24, 2.45) is 0 Å². The highest BCUT2D eigenvalue weighted by molar-refractivity contribution is 5.48. The molecule has 0 atom stereocenters. The van der Waals surface area contributed by atoms with Crippen LogP contribution >= 0.6 is 0 Å². The number of aromatic hydroxyl groups is 3. The van der Waals surface area contributed by atoms with E-state index in [4.69, 9.17) is 5.11 Å². The Balaban J connectivity index is 2.33. The molecule has 3 nitrogen and oxygen atoms in total. The van der Waals surface area contributed by atoms with E-state index in [1.165, 1.54) is 0 Å². The number of phenolic OH excluding ortho intramolecular Hbond substituents is 3. The number of benzene rings is 2. The molecular weight excluding hydrogens is 216 g/mol. The quantitative estimate of drug-likeness (QED) is 0.743. The summed E-state index contributed by atoms with van der Waals surface area (Å²) in [7, 11) is 0. The van der Waals surface area contributed by atoms with Crippen molar-refractivity contribution in [1.82, 2.24) is 0 Å². The molecule has 0 amide bonds. The molecule has 0 bridgehead atoms. The summed E-state index contributed by atoms with van der Waals surface area (Å²) in [6, 6.07) is 9.92. The lowest BCUT2D eigenvalue weighted by molar-refractivity contribution is 0.439. The van der Waals surface area contributed by atoms with Gasteiger partial charge in [0.2, 0.25) is 0 Å². The van der Waals surface area contributed by atoms with Crippen molar-refractivity contribution in [2.45, 2.75) is 13.3 Å². The van der Waals surface area contributed by atoms with Crippen LogP contribution in [0, 0.1) is 6.92 Å². The average molecular weight is 230 g/mol. The van der Waals surface area contributed by atoms with Crippen molar-refractivity contribution in [3.63, 3.8) is 0 Å². The van der Waals surface area contributed by atoms with Crippen LogP contribution in [0.1, 0.15) is 16.7 Å². The van der Waals surface area contributed by atoms with E-state index in [1.807, 2.05) is 6.92 Å². The predicted molar refractivity (Wildman–Crippen MR) is 65.4 cm³/mol. The molecule has 0 saturated heterocycles. The van der Waals surface area contributed by atoms with E-state index in [0.29, 0.717) is 12.0 Å². The van der Waals surface area contributed by atoms with Gasteiger partial charge in [-0.1, -0.05) is 12.1 Å². The smallest absolute Gasteiger partial charge is 0.123 e. The minimum atomic E-state index is 0.0931. The van der Waals surface area contributed by atoms with Crippen LogP contribution in [0.25, 0.3) is 0 Å². The Bertz CT molecular complexity index is 507. The SMILES string of the molecule is Cc1cc(O)c(Cc2ccc(O)cc2)c(O)c1. The summed E-state index contributed by atoms with van der Waals surface area (Å²) >= 11 is 0. The van der Waals surface area contributed by atoms with Gasteiger partial charge in [0.05, 0.1) is 0 Å². The molecule has 0 radical (unpaired) electrons. The van der Waals surface area contributed by atoms with Gasteiger partial charge < -0.3 is 15.3 Å². The van der Waals surface area contributed by atoms with Crippen LogP contribution in [0.3, 0.4) is 0 Å². The molecule has 0 saturated carbocycles. The fourth-order valence-electron chi connectivity index (χ4n) is 1.78. The van der Waals surface area contributed by atoms with Gasteiger partial charge >= 0.3 is 0 Å². The van der Waals surface area contributed by atoms with Crippen LogP contribution in [0.5, 0.6) is 17.2 Å². The largest absolute Gasteiger partial charge is 0.508 e. The molecule has 0 aromatic heterocycles. The number of phenols is 3. The van der Waals surface area contributed by atoms with Crippen LogP contribution < -0.4 is 0 Å². The van der Waals surface area contributed by atoms with Gasteiger partial charge in [0.15, 0.2) is 0 Å². The second-order valence-electron chi connectivity index (χ2n) is 4.12. The molecule has 2 rings (SSSR count). The number of rotatable bonds is 2. The summed E-state index contributed by atoms with van der Waals surface area (Å²) in [4.78, 5) is 0. The van der Waals surface area contributed by atoms with Gasteiger partial charge in [-0.3, -0.25) is 0 Å². The van der Waals surface area contributed by atoms with Crippen LogP contribution in [-0.4, -0.2) is 15.3 Å². The van der Waals surface area contributed by atoms with Crippen molar-refractivity contribution < 1.29 is 15.3 Å². The van der Waals surface area contributed by atoms with E-state index in [2.05, 4.69) is 0 Å². The first-order valence-corrected chi connectivity index (χ1v) is 5.35. The molecule has 0 spiro atoms. The maximum Gasteiger partial charge on any atom is 0.123 e. The Morgan fingerprint density at radius 1 is 0.882 bits per heavy atom. The Hall–Kier alpha value is -2.16. The molecule has 0 aliphatic heterocycles. The third kappa shape index (κ3) is 2.50. The molecule has 3 N–H and O–H groups in total. The van der Waals surface area contributed by atoms with Crippen molar-refractivity contribution >= 4 is 0 Å². The van der Waals surface area contributed by atoms with Crippen molar-refractivity contribution in [2.75, 3.05) is 0 Å². The van der Waals surface area contributed by atoms with Gasteiger partial charge in [-0.25, -0.2) is 0 Å². The van der Waals surface area contributed by atoms with E-state index >= 15 is 0 Å². The molecule has 17 heavy (non-hydrogen) atoms. The first-order valence-electron chi connectivity index (χ1n) is 5.35. The van der Waals surface area contributed by atoms with Crippen LogP contribution in [0.2, 0.25) is 0 Å². The fourth-order valence-corrected chi connectivity index (χ4v) is 1.78. The molecule has 0 heterocycles. The second kappa shape index (κ2) is 4.37. The third-order valence-corrected chi connectivity index (χ3v) is 2.66. The molecule has 2 aromatic rings. The maximum absolute atomic E-state index is 9.78. The first-order chi connectivity index (χ1) is 8.06. The third-order valence-electron chi connectivity index (χ3n) is 2.66. The summed E-state index contributed by atoms with van der Waals surface area (Å²) in [6.07, 6.45) is 0.429. The lowest BCUT2D eigenvalue weighted by atomic mass is 10.0. The van der Waals surface area contributed by atoms with Crippen LogP contribution in [0.4, 0.5) is 0 Å². The van der Waals surface area contributed by atoms with Gasteiger partial charge in [0.25, 0.3) is 0 Å². The topological polar surface area (TPSA) is 60.7 Å². The zero-order valence-electron chi connectivity index (χ0n) is 9.51. The van der Waals surface area contributed by atoms with E-state index in [0.717, 1.165) is 11.1 Å². The molecule has 0 aliphatic carbocycles. The Labute approximate surface area is 99.6 Å². The van der Waals surface area contributed by atoms with Crippen molar-refractivity contribution in [1.29, 1.82) is 0 Å². The molecule has 0 unspecified atom stereocenters. The highest BCUT2D eigenvalue weighted by atomic mass is 16.3. The van der Waals surface area contributed by atoms with E-state index in [-0.39, 0.29) is 17.2 Å². The maximum atomic E-state index is 9.78. The standard InChI is InChI=1S/C14H14O3/c1-9-6-13(16)12(14(17)7-9)8-10-2-4-11(15)5-3-10/h2-7,15-17H,8H2,1H3. The van der Waals surface area contributed by atoms with Gasteiger partial charge in [-0.05, 0) is 42.3 Å². The predicted octanol–water partition coefficient (Wildman–Crippen LogP) is 2.70. The minimum absolute atomic E-state index is 0.0931. The van der Waals surface area contributed by atoms with E-state index < -0.39 is 0 Å². The molecule has 0 aliphatic rings. The summed E-state index contributed by atoms with van der Waals surface area (Å²) in [6.45, 7) is 1.81. The van der Waals surface area contributed by atoms with Crippen LogP contribution in [-0.2, 0) is 6.42 Å². The molecule has 88 valence electrons. The number of aryl methyl sites for hydroxylation is 1. The summed E-state index contributed by atoms with van der Waals surface area (Å²) < 4.78 is 0. The van der Waals surface area contributed by atoms with Gasteiger partial charge in [0.1, 0.15) is 17.2 Å². The fraction of sp³-hybridized carbons (Fsp3) is 0.143. The summed E-state index contributed by atoms with van der Waals surface area (Å²) in [5.74, 6) is 0.386. The lowest BCUT2D eigenvalue weighted by Crippen LogP contribution is -1.90. The second-order valence-corrected chi connectivity index (χ2v) is 4.12. The highest BCUT2D eigenvalue weighted by Gasteiger charge is 2.09. The minimum Gasteiger partial charge on any atom is -0.508 e. The van der Waals surface area contributed by atoms with Crippen molar-refractivity contribution in [3.8, 4) is 17.2 Å². The van der Waals surface area contributed by atoms with E-state index in [9.17, 15) is 10.2 Å². The van der Waals surface area contributed by atoms with Gasteiger partial charge in [-0.15, -0.1) is 0 Å². The molecule has 0 fully saturated rings. The zero-order chi connectivity index (χ0) is 12.4. The molecule has 2 aromatic carbocycles. The number of hydrogen-bond acceptors (Lipinski definition) is 3. The average Bonchev–Trinajstić information content (AvgIpc) is 2.26. The summed E-state index contributed by atoms with van der Waals surface area (Å²) in [5, 5.41) is 28.7. The Kier molecular flexibility index (Phi) is 2.91. The van der Waals surface area contributed by atoms with Crippen LogP contribution in [0.15, 0.2) is 36.4 Å². The normalized spacial score (nSPS) is 10.4. The van der Waals surface area contributed by atoms with Gasteiger partial charge in [0, 0.05) is 12.0 Å². The number of hydrogen-bond donors (Lipinski definition) is 3. The first kappa shape index (κ1) is 11.3. The summed E-state index contributed by atoms with van der Waals surface area (Å²) in [5.41, 5.74) is 2.23. The zero-order valence-corrected chi connectivity index (χ0v) is 9.51. The molecular formula is C14H14O3. The highest BCUT2D eigenvalue weighted by Crippen LogP contribution is 2.30. The monoisotopic (exact) mass is 230 g/mol. The Morgan fingerprint density at radius 3 is 1.94 bits per heavy atom. The Morgan fingerprint density at radius 2 is 1.41 bits per heavy atom. The van der Waals surface area contributed by atoms with Crippen molar-refractivity contribution in [3.05, 3.63) is 53.1 Å². The van der Waals surface area contributed by atoms with Gasteiger partial charge in [-0.2, -0.15) is 0 Å². The lowest BCUT2D eigenvalue weighted by Gasteiger charge is -2.08. The molecule has 3 heteroatoms. The van der Waals surface area contributed by atoms with E-state index in [1.54, 1.807) is 36.4 Å².